The third kappa shape index (κ3) is 7.06. The van der Waals surface area contributed by atoms with Gasteiger partial charge >= 0.3 is 6.18 Å². The fraction of sp³-hybridized carbons (Fsp3) is 0.130. The van der Waals surface area contributed by atoms with Gasteiger partial charge in [0.15, 0.2) is 0 Å². The first kappa shape index (κ1) is 26.7. The van der Waals surface area contributed by atoms with Crippen LogP contribution in [0.3, 0.4) is 0 Å². The van der Waals surface area contributed by atoms with Crippen LogP contribution in [0, 0.1) is 17.6 Å². The van der Waals surface area contributed by atoms with E-state index in [1.54, 1.807) is 0 Å². The molecular formula is C23H14Cl3F5N2O2. The molecule has 0 aliphatic heterocycles. The van der Waals surface area contributed by atoms with Gasteiger partial charge in [0.1, 0.15) is 17.6 Å². The highest BCUT2D eigenvalue weighted by molar-refractivity contribution is 6.35. The van der Waals surface area contributed by atoms with Gasteiger partial charge in [-0.3, -0.25) is 9.59 Å². The topological polar surface area (TPSA) is 58.2 Å². The van der Waals surface area contributed by atoms with Gasteiger partial charge in [0, 0.05) is 21.8 Å². The van der Waals surface area contributed by atoms with Crippen LogP contribution >= 0.6 is 34.8 Å². The van der Waals surface area contributed by atoms with Gasteiger partial charge in [-0.1, -0.05) is 34.8 Å². The maximum atomic E-state index is 13.8. The van der Waals surface area contributed by atoms with Gasteiger partial charge in [-0.05, 0) is 60.5 Å². The zero-order valence-electron chi connectivity index (χ0n) is 17.3. The van der Waals surface area contributed by atoms with Gasteiger partial charge in [0.25, 0.3) is 5.91 Å². The summed E-state index contributed by atoms with van der Waals surface area (Å²) in [6.45, 7) is 0. The Bertz CT molecular complexity index is 1260. The Morgan fingerprint density at radius 2 is 1.51 bits per heavy atom. The second-order valence-corrected chi connectivity index (χ2v) is 8.62. The molecule has 12 heteroatoms. The number of rotatable bonds is 6. The van der Waals surface area contributed by atoms with Crippen LogP contribution in [-0.2, 0) is 11.2 Å². The molecular weight excluding hydrogens is 538 g/mol. The number of halogens is 8. The van der Waals surface area contributed by atoms with Crippen molar-refractivity contribution in [2.75, 3.05) is 10.6 Å². The van der Waals surface area contributed by atoms with Crippen LogP contribution in [0.4, 0.5) is 33.3 Å². The van der Waals surface area contributed by atoms with Crippen molar-refractivity contribution in [1.29, 1.82) is 0 Å². The first-order chi connectivity index (χ1) is 16.3. The van der Waals surface area contributed by atoms with Crippen LogP contribution in [0.2, 0.25) is 15.1 Å². The molecule has 0 heterocycles. The van der Waals surface area contributed by atoms with Crippen molar-refractivity contribution in [3.05, 3.63) is 92.4 Å². The Morgan fingerprint density at radius 3 is 2.11 bits per heavy atom. The van der Waals surface area contributed by atoms with Gasteiger partial charge in [0.05, 0.1) is 16.3 Å². The standard InChI is InChI=1S/C23H14Cl3F5N2O2/c24-12-5-11(6-13(25)8-12)7-17(23(29,30)31)22(35)32-15-2-3-18(26)16(10-15)21(34)33-20-4-1-14(27)9-19(20)28/h1-6,8-10,17H,7H2,(H,32,35)(H,33,34). The predicted molar refractivity (Wildman–Crippen MR) is 124 cm³/mol. The van der Waals surface area contributed by atoms with Crippen LogP contribution in [0.25, 0.3) is 0 Å². The number of anilines is 2. The molecule has 1 unspecified atom stereocenters. The fourth-order valence-corrected chi connectivity index (χ4v) is 3.88. The molecule has 2 N–H and O–H groups in total. The van der Waals surface area contributed by atoms with Crippen LogP contribution in [-0.4, -0.2) is 18.0 Å². The lowest BCUT2D eigenvalue weighted by atomic mass is 9.97. The number of alkyl halides is 3. The van der Waals surface area contributed by atoms with E-state index in [4.69, 9.17) is 34.8 Å². The zero-order valence-corrected chi connectivity index (χ0v) is 19.6. The van der Waals surface area contributed by atoms with E-state index in [0.29, 0.717) is 6.07 Å². The molecule has 0 fully saturated rings. The Morgan fingerprint density at radius 1 is 0.857 bits per heavy atom. The van der Waals surface area contributed by atoms with E-state index in [1.807, 2.05) is 0 Å². The van der Waals surface area contributed by atoms with E-state index in [2.05, 4.69) is 10.6 Å². The maximum Gasteiger partial charge on any atom is 0.400 e. The largest absolute Gasteiger partial charge is 0.400 e. The fourth-order valence-electron chi connectivity index (χ4n) is 3.11. The van der Waals surface area contributed by atoms with E-state index in [9.17, 15) is 31.5 Å². The molecule has 0 spiro atoms. The molecule has 0 bridgehead atoms. The third-order valence-corrected chi connectivity index (χ3v) is 5.50. The lowest BCUT2D eigenvalue weighted by Crippen LogP contribution is -2.36. The van der Waals surface area contributed by atoms with E-state index < -0.39 is 42.0 Å². The molecule has 0 radical (unpaired) electrons. The highest BCUT2D eigenvalue weighted by Crippen LogP contribution is 2.32. The summed E-state index contributed by atoms with van der Waals surface area (Å²) in [5, 5.41) is 4.40. The highest BCUT2D eigenvalue weighted by Gasteiger charge is 2.44. The van der Waals surface area contributed by atoms with Crippen molar-refractivity contribution < 1.29 is 31.5 Å². The molecule has 1 atom stereocenters. The van der Waals surface area contributed by atoms with Gasteiger partial charge in [-0.25, -0.2) is 8.78 Å². The maximum absolute atomic E-state index is 13.8. The first-order valence-electron chi connectivity index (χ1n) is 9.72. The van der Waals surface area contributed by atoms with Crippen molar-refractivity contribution in [3.8, 4) is 0 Å². The number of hydrogen-bond acceptors (Lipinski definition) is 2. The number of amides is 2. The van der Waals surface area contributed by atoms with Crippen LogP contribution < -0.4 is 10.6 Å². The van der Waals surface area contributed by atoms with Crippen LogP contribution in [0.15, 0.2) is 54.6 Å². The van der Waals surface area contributed by atoms with E-state index >= 15 is 0 Å². The predicted octanol–water partition coefficient (Wildman–Crippen LogP) is 7.54. The molecule has 35 heavy (non-hydrogen) atoms. The normalized spacial score (nSPS) is 12.2. The lowest BCUT2D eigenvalue weighted by molar-refractivity contribution is -0.179. The minimum atomic E-state index is -4.91. The lowest BCUT2D eigenvalue weighted by Gasteiger charge is -2.20. The zero-order chi connectivity index (χ0) is 25.9. The van der Waals surface area contributed by atoms with Crippen molar-refractivity contribution in [1.82, 2.24) is 0 Å². The molecule has 0 saturated carbocycles. The van der Waals surface area contributed by atoms with Crippen LogP contribution in [0.5, 0.6) is 0 Å². The Hall–Kier alpha value is -2.88. The van der Waals surface area contributed by atoms with E-state index in [-0.39, 0.29) is 37.6 Å². The summed E-state index contributed by atoms with van der Waals surface area (Å²) in [4.78, 5) is 25.1. The quantitative estimate of drug-likeness (QED) is 0.311. The Labute approximate surface area is 211 Å². The first-order valence-corrected chi connectivity index (χ1v) is 10.9. The molecule has 0 aliphatic rings. The molecule has 0 aromatic heterocycles. The monoisotopic (exact) mass is 550 g/mol. The third-order valence-electron chi connectivity index (χ3n) is 4.73. The summed E-state index contributed by atoms with van der Waals surface area (Å²) >= 11 is 17.7. The van der Waals surface area contributed by atoms with Crippen molar-refractivity contribution in [2.45, 2.75) is 12.6 Å². The molecule has 3 aromatic carbocycles. The van der Waals surface area contributed by atoms with E-state index in [1.165, 1.54) is 30.3 Å². The van der Waals surface area contributed by atoms with Gasteiger partial charge in [-0.15, -0.1) is 0 Å². The number of carbonyl (C=O) groups is 2. The molecule has 3 rings (SSSR count). The van der Waals surface area contributed by atoms with Gasteiger partial charge < -0.3 is 10.6 Å². The average Bonchev–Trinajstić information content (AvgIpc) is 2.73. The van der Waals surface area contributed by atoms with Gasteiger partial charge in [-0.2, -0.15) is 13.2 Å². The number of nitrogens with one attached hydrogen (secondary N) is 2. The molecule has 184 valence electrons. The minimum Gasteiger partial charge on any atom is -0.326 e. The van der Waals surface area contributed by atoms with Crippen LogP contribution in [0.1, 0.15) is 15.9 Å². The summed E-state index contributed by atoms with van der Waals surface area (Å²) < 4.78 is 67.9. The molecule has 3 aromatic rings. The number of carbonyl (C=O) groups excluding carboxylic acids is 2. The average molecular weight is 552 g/mol. The van der Waals surface area contributed by atoms with Crippen molar-refractivity contribution in [2.24, 2.45) is 5.92 Å². The summed E-state index contributed by atoms with van der Waals surface area (Å²) in [6.07, 6.45) is -5.65. The van der Waals surface area contributed by atoms with E-state index in [0.717, 1.165) is 18.2 Å². The smallest absolute Gasteiger partial charge is 0.326 e. The Kier molecular flexibility index (Phi) is 8.25. The van der Waals surface area contributed by atoms with Crippen molar-refractivity contribution in [3.63, 3.8) is 0 Å². The summed E-state index contributed by atoms with van der Waals surface area (Å²) in [5.74, 6) is -6.70. The van der Waals surface area contributed by atoms with Crippen molar-refractivity contribution >= 4 is 58.0 Å². The number of benzene rings is 3. The second kappa shape index (κ2) is 10.8. The molecule has 2 amide bonds. The second-order valence-electron chi connectivity index (χ2n) is 7.34. The highest BCUT2D eigenvalue weighted by atomic mass is 35.5. The molecule has 0 saturated heterocycles. The summed E-state index contributed by atoms with van der Waals surface area (Å²) in [5.41, 5.74) is -0.683. The summed E-state index contributed by atoms with van der Waals surface area (Å²) in [6, 6.07) is 9.72. The minimum absolute atomic E-state index is 0.0949. The SMILES string of the molecule is O=C(Nc1ccc(F)cc1F)c1cc(NC(=O)C(Cc2cc(Cl)cc(Cl)c2)C(F)(F)F)ccc1Cl. The van der Waals surface area contributed by atoms with Gasteiger partial charge in [0.2, 0.25) is 5.91 Å². The molecule has 4 nitrogen and oxygen atoms in total. The summed E-state index contributed by atoms with van der Waals surface area (Å²) in [7, 11) is 0. The Balaban J connectivity index is 1.82. The number of hydrogen-bond donors (Lipinski definition) is 2. The molecule has 0 aliphatic carbocycles.